The molecule has 0 aromatic carbocycles. The van der Waals surface area contributed by atoms with E-state index in [4.69, 9.17) is 0 Å². The Balaban J connectivity index is 2.48. The number of nitrogens with one attached hydrogen (secondary N) is 1. The van der Waals surface area contributed by atoms with E-state index in [9.17, 15) is 9.90 Å². The van der Waals surface area contributed by atoms with Crippen LogP contribution in [0.3, 0.4) is 0 Å². The summed E-state index contributed by atoms with van der Waals surface area (Å²) in [6.45, 7) is 6.05. The van der Waals surface area contributed by atoms with Crippen molar-refractivity contribution >= 4 is 5.91 Å². The molecule has 0 aromatic rings. The molecule has 94 valence electrons. The molecule has 0 bridgehead atoms. The highest BCUT2D eigenvalue weighted by Crippen LogP contribution is 2.19. The van der Waals surface area contributed by atoms with Crippen molar-refractivity contribution in [2.45, 2.75) is 65.0 Å². The summed E-state index contributed by atoms with van der Waals surface area (Å²) < 4.78 is 0. The summed E-state index contributed by atoms with van der Waals surface area (Å²) in [5.74, 6) is 0.458. The molecular weight excluding hydrogens is 202 g/mol. The van der Waals surface area contributed by atoms with Crippen LogP contribution in [0.2, 0.25) is 0 Å². The van der Waals surface area contributed by atoms with E-state index in [0.29, 0.717) is 5.92 Å². The molecular formula is C13H25NO2. The normalized spacial score (nSPS) is 28.6. The molecule has 3 unspecified atom stereocenters. The van der Waals surface area contributed by atoms with Crippen LogP contribution < -0.4 is 5.32 Å². The highest BCUT2D eigenvalue weighted by Gasteiger charge is 2.25. The first-order valence-corrected chi connectivity index (χ1v) is 6.50. The molecule has 1 fully saturated rings. The molecule has 1 amide bonds. The van der Waals surface area contributed by atoms with Crippen LogP contribution in [0.1, 0.15) is 52.9 Å². The zero-order valence-electron chi connectivity index (χ0n) is 10.7. The standard InChI is InChI=1S/C13H25NO2/c1-9(2)10(3)13(16)14-11-7-5-4-6-8-12(11)15/h9-12,15H,4-8H2,1-3H3,(H,14,16). The summed E-state index contributed by atoms with van der Waals surface area (Å²) in [5, 5.41) is 12.9. The molecule has 1 saturated carbocycles. The third-order valence-electron chi connectivity index (χ3n) is 3.72. The number of hydrogen-bond donors (Lipinski definition) is 2. The predicted molar refractivity (Wildman–Crippen MR) is 65.0 cm³/mol. The van der Waals surface area contributed by atoms with E-state index < -0.39 is 0 Å². The quantitative estimate of drug-likeness (QED) is 0.725. The van der Waals surface area contributed by atoms with E-state index >= 15 is 0 Å². The van der Waals surface area contributed by atoms with Crippen molar-refractivity contribution < 1.29 is 9.90 Å². The molecule has 2 N–H and O–H groups in total. The summed E-state index contributed by atoms with van der Waals surface area (Å²) in [7, 11) is 0. The second kappa shape index (κ2) is 6.24. The van der Waals surface area contributed by atoms with E-state index in [0.717, 1.165) is 25.7 Å². The van der Waals surface area contributed by atoms with Gasteiger partial charge in [0.15, 0.2) is 0 Å². The van der Waals surface area contributed by atoms with Crippen LogP contribution in [0.25, 0.3) is 0 Å². The Bertz CT molecular complexity index is 228. The lowest BCUT2D eigenvalue weighted by Crippen LogP contribution is -2.45. The smallest absolute Gasteiger partial charge is 0.223 e. The SMILES string of the molecule is CC(C)C(C)C(=O)NC1CCCCCC1O. The average molecular weight is 227 g/mol. The van der Waals surface area contributed by atoms with Crippen LogP contribution >= 0.6 is 0 Å². The molecule has 1 aliphatic rings. The lowest BCUT2D eigenvalue weighted by molar-refractivity contribution is -0.127. The van der Waals surface area contributed by atoms with Crippen molar-refractivity contribution in [2.75, 3.05) is 0 Å². The summed E-state index contributed by atoms with van der Waals surface area (Å²) in [5.41, 5.74) is 0. The van der Waals surface area contributed by atoms with Gasteiger partial charge in [0.2, 0.25) is 5.91 Å². The van der Waals surface area contributed by atoms with Crippen LogP contribution in [0.15, 0.2) is 0 Å². The summed E-state index contributed by atoms with van der Waals surface area (Å²) in [6, 6.07) is -0.0313. The van der Waals surface area contributed by atoms with Gasteiger partial charge in [0, 0.05) is 5.92 Å². The molecule has 0 radical (unpaired) electrons. The zero-order valence-corrected chi connectivity index (χ0v) is 10.7. The third-order valence-corrected chi connectivity index (χ3v) is 3.72. The van der Waals surface area contributed by atoms with Crippen LogP contribution in [0.5, 0.6) is 0 Å². The highest BCUT2D eigenvalue weighted by atomic mass is 16.3. The second-order valence-corrected chi connectivity index (χ2v) is 5.35. The van der Waals surface area contributed by atoms with Gasteiger partial charge in [-0.25, -0.2) is 0 Å². The number of rotatable bonds is 3. The maximum Gasteiger partial charge on any atom is 0.223 e. The minimum Gasteiger partial charge on any atom is -0.391 e. The van der Waals surface area contributed by atoms with Gasteiger partial charge in [0.25, 0.3) is 0 Å². The van der Waals surface area contributed by atoms with Gasteiger partial charge in [0.1, 0.15) is 0 Å². The molecule has 1 aliphatic carbocycles. The van der Waals surface area contributed by atoms with Gasteiger partial charge < -0.3 is 10.4 Å². The van der Waals surface area contributed by atoms with Gasteiger partial charge in [0.05, 0.1) is 12.1 Å². The number of carbonyl (C=O) groups is 1. The minimum absolute atomic E-state index is 0.0236. The summed E-state index contributed by atoms with van der Waals surface area (Å²) in [6.07, 6.45) is 4.73. The number of hydrogen-bond acceptors (Lipinski definition) is 2. The van der Waals surface area contributed by atoms with Crippen molar-refractivity contribution in [3.05, 3.63) is 0 Å². The molecule has 3 heteroatoms. The summed E-state index contributed by atoms with van der Waals surface area (Å²) >= 11 is 0. The number of carbonyl (C=O) groups excluding carboxylic acids is 1. The van der Waals surface area contributed by atoms with Gasteiger partial charge in [-0.3, -0.25) is 4.79 Å². The van der Waals surface area contributed by atoms with Gasteiger partial charge >= 0.3 is 0 Å². The average Bonchev–Trinajstić information content (AvgIpc) is 2.43. The number of aliphatic hydroxyl groups excluding tert-OH is 1. The first-order chi connectivity index (χ1) is 7.52. The van der Waals surface area contributed by atoms with Crippen molar-refractivity contribution in [2.24, 2.45) is 11.8 Å². The van der Waals surface area contributed by atoms with Crippen LogP contribution in [0, 0.1) is 11.8 Å². The maximum absolute atomic E-state index is 11.9. The Kier molecular flexibility index (Phi) is 5.26. The van der Waals surface area contributed by atoms with Crippen LogP contribution in [-0.4, -0.2) is 23.2 Å². The first-order valence-electron chi connectivity index (χ1n) is 6.50. The molecule has 0 aliphatic heterocycles. The Morgan fingerprint density at radius 3 is 2.44 bits per heavy atom. The Hall–Kier alpha value is -0.570. The van der Waals surface area contributed by atoms with E-state index in [1.54, 1.807) is 0 Å². The third kappa shape index (κ3) is 3.78. The van der Waals surface area contributed by atoms with E-state index in [1.807, 2.05) is 20.8 Å². The minimum atomic E-state index is -0.356. The largest absolute Gasteiger partial charge is 0.391 e. The van der Waals surface area contributed by atoms with Crippen LogP contribution in [-0.2, 0) is 4.79 Å². The second-order valence-electron chi connectivity index (χ2n) is 5.35. The molecule has 3 atom stereocenters. The van der Waals surface area contributed by atoms with Gasteiger partial charge in [-0.1, -0.05) is 40.0 Å². The molecule has 3 nitrogen and oxygen atoms in total. The van der Waals surface area contributed by atoms with E-state index in [2.05, 4.69) is 5.32 Å². The Morgan fingerprint density at radius 2 is 1.81 bits per heavy atom. The fourth-order valence-corrected chi connectivity index (χ4v) is 2.07. The molecule has 0 saturated heterocycles. The lowest BCUT2D eigenvalue weighted by Gasteiger charge is -2.24. The highest BCUT2D eigenvalue weighted by molar-refractivity contribution is 5.78. The lowest BCUT2D eigenvalue weighted by atomic mass is 9.96. The Morgan fingerprint density at radius 1 is 1.19 bits per heavy atom. The molecule has 0 aromatic heterocycles. The monoisotopic (exact) mass is 227 g/mol. The zero-order chi connectivity index (χ0) is 12.1. The number of amides is 1. The van der Waals surface area contributed by atoms with Crippen molar-refractivity contribution in [1.29, 1.82) is 0 Å². The van der Waals surface area contributed by atoms with Crippen molar-refractivity contribution in [3.8, 4) is 0 Å². The number of aliphatic hydroxyl groups is 1. The van der Waals surface area contributed by atoms with Crippen molar-refractivity contribution in [3.63, 3.8) is 0 Å². The van der Waals surface area contributed by atoms with Crippen LogP contribution in [0.4, 0.5) is 0 Å². The molecule has 1 rings (SSSR count). The molecule has 16 heavy (non-hydrogen) atoms. The van der Waals surface area contributed by atoms with Gasteiger partial charge in [-0.05, 0) is 18.8 Å². The Labute approximate surface area is 98.6 Å². The fourth-order valence-electron chi connectivity index (χ4n) is 2.07. The maximum atomic E-state index is 11.9. The van der Waals surface area contributed by atoms with Gasteiger partial charge in [-0.15, -0.1) is 0 Å². The van der Waals surface area contributed by atoms with Gasteiger partial charge in [-0.2, -0.15) is 0 Å². The van der Waals surface area contributed by atoms with E-state index in [-0.39, 0.29) is 24.0 Å². The first kappa shape index (κ1) is 13.5. The molecule has 0 spiro atoms. The molecule has 0 heterocycles. The van der Waals surface area contributed by atoms with Crippen molar-refractivity contribution in [1.82, 2.24) is 5.32 Å². The topological polar surface area (TPSA) is 49.3 Å². The summed E-state index contributed by atoms with van der Waals surface area (Å²) in [4.78, 5) is 11.9. The predicted octanol–water partition coefficient (Wildman–Crippen LogP) is 2.09. The fraction of sp³-hybridized carbons (Fsp3) is 0.923. The van der Waals surface area contributed by atoms with E-state index in [1.165, 1.54) is 6.42 Å².